The molecule has 0 radical (unpaired) electrons. The molecule has 10 heteroatoms. The van der Waals surface area contributed by atoms with Gasteiger partial charge in [-0.3, -0.25) is 0 Å². The van der Waals surface area contributed by atoms with Crippen LogP contribution in [0, 0.1) is 6.92 Å². The van der Waals surface area contributed by atoms with E-state index in [-0.39, 0.29) is 5.69 Å². The maximum Gasteiger partial charge on any atom is 0.416 e. The summed E-state index contributed by atoms with van der Waals surface area (Å²) in [4.78, 5) is 22.1. The van der Waals surface area contributed by atoms with Gasteiger partial charge in [0.2, 0.25) is 0 Å². The second-order valence-corrected chi connectivity index (χ2v) is 9.71. The van der Waals surface area contributed by atoms with Crippen LogP contribution < -0.4 is 11.1 Å². The van der Waals surface area contributed by atoms with E-state index in [1.165, 1.54) is 22.1 Å². The summed E-state index contributed by atoms with van der Waals surface area (Å²) in [7, 11) is 0. The number of nitrogen functional groups attached to an aromatic ring is 1. The average Bonchev–Trinajstić information content (AvgIpc) is 3.33. The number of anilines is 2. The van der Waals surface area contributed by atoms with E-state index in [2.05, 4.69) is 16.4 Å². The second-order valence-electron chi connectivity index (χ2n) is 9.71. The zero-order valence-corrected chi connectivity index (χ0v) is 20.6. The Hall–Kier alpha value is -3.82. The Labute approximate surface area is 212 Å². The molecule has 0 unspecified atom stereocenters. The lowest BCUT2D eigenvalue weighted by Crippen LogP contribution is -2.33. The van der Waals surface area contributed by atoms with Crippen LogP contribution in [0.4, 0.5) is 29.5 Å². The number of fused-ring (bicyclic) bond motifs is 3. The number of hydrogen-bond acceptors (Lipinski definition) is 5. The van der Waals surface area contributed by atoms with Crippen molar-refractivity contribution >= 4 is 34.1 Å². The van der Waals surface area contributed by atoms with Crippen LogP contribution in [0.3, 0.4) is 0 Å². The normalized spacial score (nSPS) is 16.5. The molecule has 4 N–H and O–H groups in total. The molecule has 0 bridgehead atoms. The van der Waals surface area contributed by atoms with Crippen LogP contribution in [0.1, 0.15) is 59.4 Å². The van der Waals surface area contributed by atoms with E-state index >= 15 is 0 Å². The van der Waals surface area contributed by atoms with Crippen molar-refractivity contribution < 1.29 is 23.1 Å². The molecule has 0 saturated heterocycles. The molecule has 1 aromatic heterocycles. The largest absolute Gasteiger partial charge is 0.465 e. The van der Waals surface area contributed by atoms with Gasteiger partial charge in [-0.25, -0.2) is 14.8 Å². The fourth-order valence-electron chi connectivity index (χ4n) is 5.34. The minimum atomic E-state index is -4.50. The van der Waals surface area contributed by atoms with E-state index in [1.807, 2.05) is 6.08 Å². The number of nitrogens with zero attached hydrogens (tertiary/aromatic N) is 3. The quantitative estimate of drug-likeness (QED) is 0.373. The lowest BCUT2D eigenvalue weighted by atomic mass is 9.91. The van der Waals surface area contributed by atoms with Crippen LogP contribution in [-0.2, 0) is 19.0 Å². The highest BCUT2D eigenvalue weighted by Crippen LogP contribution is 2.40. The number of halogens is 3. The molecule has 5 rings (SSSR count). The number of nitrogens with one attached hydrogen (secondary N) is 1. The molecule has 1 aliphatic heterocycles. The van der Waals surface area contributed by atoms with Gasteiger partial charge in [0.25, 0.3) is 0 Å². The zero-order chi connectivity index (χ0) is 26.5. The molecule has 1 atom stereocenters. The summed E-state index contributed by atoms with van der Waals surface area (Å²) in [6, 6.07) is 5.12. The van der Waals surface area contributed by atoms with Crippen molar-refractivity contribution in [2.45, 2.75) is 51.7 Å². The molecule has 3 aromatic rings. The summed E-state index contributed by atoms with van der Waals surface area (Å²) in [5, 5.41) is 13.4. The first-order valence-corrected chi connectivity index (χ1v) is 12.3. The highest BCUT2D eigenvalue weighted by Gasteiger charge is 2.32. The van der Waals surface area contributed by atoms with Crippen LogP contribution in [0.25, 0.3) is 16.5 Å². The molecular weight excluding hydrogens is 483 g/mol. The van der Waals surface area contributed by atoms with Gasteiger partial charge in [-0.05, 0) is 91.6 Å². The van der Waals surface area contributed by atoms with Crippen molar-refractivity contribution in [3.05, 3.63) is 64.0 Å². The Bertz CT molecular complexity index is 1430. The van der Waals surface area contributed by atoms with Crippen LogP contribution in [0.2, 0.25) is 0 Å². The minimum Gasteiger partial charge on any atom is -0.465 e. The molecule has 1 amide bonds. The number of carbonyl (C=O) groups is 1. The highest BCUT2D eigenvalue weighted by molar-refractivity contribution is 5.96. The van der Waals surface area contributed by atoms with Crippen LogP contribution >= 0.6 is 0 Å². The summed E-state index contributed by atoms with van der Waals surface area (Å²) in [6.07, 6.45) is -0.0504. The second kappa shape index (κ2) is 9.24. The Kier molecular flexibility index (Phi) is 6.21. The van der Waals surface area contributed by atoms with Gasteiger partial charge in [0.15, 0.2) is 0 Å². The van der Waals surface area contributed by atoms with Crippen LogP contribution in [0.15, 0.2) is 30.3 Å². The van der Waals surface area contributed by atoms with Crippen molar-refractivity contribution in [1.29, 1.82) is 0 Å². The van der Waals surface area contributed by atoms with Crippen LogP contribution in [-0.4, -0.2) is 39.2 Å². The van der Waals surface area contributed by atoms with E-state index in [4.69, 9.17) is 10.7 Å². The predicted octanol–water partition coefficient (Wildman–Crippen LogP) is 5.97. The van der Waals surface area contributed by atoms with Crippen molar-refractivity contribution in [3.63, 3.8) is 0 Å². The molecular formula is C27H28F3N5O2. The number of nitrogens with two attached hydrogens (primary N) is 1. The van der Waals surface area contributed by atoms with Crippen molar-refractivity contribution in [2.24, 2.45) is 0 Å². The van der Waals surface area contributed by atoms with Gasteiger partial charge in [0.05, 0.1) is 17.1 Å². The first kappa shape index (κ1) is 24.9. The summed E-state index contributed by atoms with van der Waals surface area (Å²) in [5.41, 5.74) is 10.9. The van der Waals surface area contributed by atoms with Gasteiger partial charge in [-0.2, -0.15) is 13.2 Å². The predicted molar refractivity (Wildman–Crippen MR) is 136 cm³/mol. The summed E-state index contributed by atoms with van der Waals surface area (Å²) in [6.45, 7) is 4.34. The monoisotopic (exact) mass is 511 g/mol. The maximum atomic E-state index is 13.4. The Morgan fingerprint density at radius 2 is 1.89 bits per heavy atom. The molecule has 2 aromatic carbocycles. The fourth-order valence-corrected chi connectivity index (χ4v) is 5.34. The van der Waals surface area contributed by atoms with E-state index in [9.17, 15) is 23.1 Å². The fraction of sp³-hybridized carbons (Fsp3) is 0.370. The zero-order valence-electron chi connectivity index (χ0n) is 20.6. The SMILES string of the molecule is Cc1nc(N[C@H](C)c2cc(N)cc(C(F)(F)F)c2)c2cc(C3=CCN(C(=O)O)CC3)c3c(c2n1)CCC3. The number of aryl methyl sites for hydroxylation is 2. The Morgan fingerprint density at radius 3 is 2.57 bits per heavy atom. The van der Waals surface area contributed by atoms with E-state index in [0.29, 0.717) is 36.7 Å². The first-order valence-electron chi connectivity index (χ1n) is 12.3. The molecule has 2 heterocycles. The van der Waals surface area contributed by atoms with Gasteiger partial charge in [-0.1, -0.05) is 6.08 Å². The minimum absolute atomic E-state index is 0.0435. The third kappa shape index (κ3) is 4.80. The maximum absolute atomic E-state index is 13.4. The Morgan fingerprint density at radius 1 is 1.14 bits per heavy atom. The van der Waals surface area contributed by atoms with Gasteiger partial charge >= 0.3 is 12.3 Å². The molecule has 0 saturated carbocycles. The molecule has 194 valence electrons. The van der Waals surface area contributed by atoms with Gasteiger partial charge in [0.1, 0.15) is 11.6 Å². The van der Waals surface area contributed by atoms with Crippen molar-refractivity contribution in [1.82, 2.24) is 14.9 Å². The summed E-state index contributed by atoms with van der Waals surface area (Å²) < 4.78 is 40.1. The summed E-state index contributed by atoms with van der Waals surface area (Å²) >= 11 is 0. The van der Waals surface area contributed by atoms with E-state index < -0.39 is 23.9 Å². The molecule has 0 fully saturated rings. The molecule has 0 spiro atoms. The lowest BCUT2D eigenvalue weighted by Gasteiger charge is -2.25. The van der Waals surface area contributed by atoms with Gasteiger partial charge in [0, 0.05) is 24.2 Å². The van der Waals surface area contributed by atoms with Gasteiger partial charge in [-0.15, -0.1) is 0 Å². The van der Waals surface area contributed by atoms with E-state index in [1.54, 1.807) is 13.8 Å². The lowest BCUT2D eigenvalue weighted by molar-refractivity contribution is -0.137. The standard InChI is InChI=1S/C27H28F3N5O2/c1-14(17-10-18(27(28,29)30)12-19(31)11-17)32-25-23-13-22(16-6-8-35(9-7-16)26(36)37)20-4-3-5-21(20)24(23)33-15(2)34-25/h6,10-14H,3-5,7-9,31H2,1-2H3,(H,36,37)(H,32,33,34)/t14-/m1/s1. The van der Waals surface area contributed by atoms with Crippen molar-refractivity contribution in [3.8, 4) is 0 Å². The third-order valence-electron chi connectivity index (χ3n) is 7.16. The number of benzene rings is 2. The van der Waals surface area contributed by atoms with Gasteiger partial charge < -0.3 is 21.1 Å². The number of carboxylic acid groups (broad SMARTS) is 1. The first-order chi connectivity index (χ1) is 17.5. The third-order valence-corrected chi connectivity index (χ3v) is 7.16. The number of hydrogen-bond donors (Lipinski definition) is 3. The van der Waals surface area contributed by atoms with E-state index in [0.717, 1.165) is 53.4 Å². The topological polar surface area (TPSA) is 104 Å². The van der Waals surface area contributed by atoms with Crippen LogP contribution in [0.5, 0.6) is 0 Å². The van der Waals surface area contributed by atoms with Crippen molar-refractivity contribution in [2.75, 3.05) is 24.1 Å². The highest BCUT2D eigenvalue weighted by atomic mass is 19.4. The molecule has 1 aliphatic carbocycles. The average molecular weight is 512 g/mol. The molecule has 7 nitrogen and oxygen atoms in total. The Balaban J connectivity index is 1.58. The number of alkyl halides is 3. The summed E-state index contributed by atoms with van der Waals surface area (Å²) in [5.74, 6) is 1.12. The smallest absolute Gasteiger partial charge is 0.416 e. The molecule has 2 aliphatic rings. The number of amides is 1. The number of rotatable bonds is 4. The number of aromatic nitrogens is 2. The molecule has 37 heavy (non-hydrogen) atoms.